The maximum atomic E-state index is 9.82. The Morgan fingerprint density at radius 3 is 2.86 bits per heavy atom. The van der Waals surface area contributed by atoms with Crippen LogP contribution in [-0.4, -0.2) is 45.9 Å². The van der Waals surface area contributed by atoms with E-state index in [1.807, 2.05) is 30.5 Å². The highest BCUT2D eigenvalue weighted by molar-refractivity contribution is 9.10. The minimum absolute atomic E-state index is 0.276. The Bertz CT molecular complexity index is 504. The van der Waals surface area contributed by atoms with Crippen LogP contribution in [0.25, 0.3) is 0 Å². The SMILES string of the molecule is OC(CNCCCn1ccnn1)COc1ccc(Br)cc1. The zero-order chi connectivity index (χ0) is 14.9. The maximum Gasteiger partial charge on any atom is 0.119 e. The van der Waals surface area contributed by atoms with E-state index < -0.39 is 6.10 Å². The lowest BCUT2D eigenvalue weighted by Gasteiger charge is -2.13. The molecule has 0 radical (unpaired) electrons. The summed E-state index contributed by atoms with van der Waals surface area (Å²) in [6, 6.07) is 7.54. The number of nitrogens with zero attached hydrogens (tertiary/aromatic N) is 3. The number of halogens is 1. The second kappa shape index (κ2) is 8.76. The van der Waals surface area contributed by atoms with Crippen molar-refractivity contribution in [2.45, 2.75) is 19.1 Å². The lowest BCUT2D eigenvalue weighted by Crippen LogP contribution is -2.32. The van der Waals surface area contributed by atoms with E-state index in [1.165, 1.54) is 0 Å². The van der Waals surface area contributed by atoms with Crippen molar-refractivity contribution < 1.29 is 9.84 Å². The van der Waals surface area contributed by atoms with Gasteiger partial charge in [-0.15, -0.1) is 5.10 Å². The Morgan fingerprint density at radius 2 is 2.14 bits per heavy atom. The second-order valence-electron chi connectivity index (χ2n) is 4.64. The summed E-state index contributed by atoms with van der Waals surface area (Å²) < 4.78 is 8.30. The average Bonchev–Trinajstić information content (AvgIpc) is 2.99. The molecule has 1 aromatic carbocycles. The zero-order valence-electron chi connectivity index (χ0n) is 11.7. The van der Waals surface area contributed by atoms with E-state index in [1.54, 1.807) is 10.9 Å². The summed E-state index contributed by atoms with van der Waals surface area (Å²) in [6.07, 6.45) is 3.90. The highest BCUT2D eigenvalue weighted by atomic mass is 79.9. The van der Waals surface area contributed by atoms with Gasteiger partial charge in [-0.25, -0.2) is 0 Å². The van der Waals surface area contributed by atoms with E-state index in [0.717, 1.165) is 29.7 Å². The minimum Gasteiger partial charge on any atom is -0.491 e. The lowest BCUT2D eigenvalue weighted by molar-refractivity contribution is 0.106. The van der Waals surface area contributed by atoms with Gasteiger partial charge in [0.1, 0.15) is 18.5 Å². The van der Waals surface area contributed by atoms with Gasteiger partial charge in [-0.1, -0.05) is 21.1 Å². The Kier molecular flexibility index (Phi) is 6.65. The number of hydrogen-bond acceptors (Lipinski definition) is 5. The quantitative estimate of drug-likeness (QED) is 0.667. The van der Waals surface area contributed by atoms with Crippen LogP contribution in [0.3, 0.4) is 0 Å². The number of nitrogens with one attached hydrogen (secondary N) is 1. The van der Waals surface area contributed by atoms with Crippen molar-refractivity contribution in [1.82, 2.24) is 20.3 Å². The minimum atomic E-state index is -0.528. The summed E-state index contributed by atoms with van der Waals surface area (Å²) in [5, 5.41) is 20.6. The fourth-order valence-electron chi connectivity index (χ4n) is 1.77. The molecule has 2 N–H and O–H groups in total. The van der Waals surface area contributed by atoms with Crippen LogP contribution in [0.1, 0.15) is 6.42 Å². The van der Waals surface area contributed by atoms with Crippen LogP contribution in [0.5, 0.6) is 5.75 Å². The molecule has 0 spiro atoms. The molecule has 1 heterocycles. The van der Waals surface area contributed by atoms with Crippen molar-refractivity contribution in [3.63, 3.8) is 0 Å². The second-order valence-corrected chi connectivity index (χ2v) is 5.56. The summed E-state index contributed by atoms with van der Waals surface area (Å²) in [7, 11) is 0. The third-order valence-electron chi connectivity index (χ3n) is 2.85. The monoisotopic (exact) mass is 354 g/mol. The number of aliphatic hydroxyl groups is 1. The van der Waals surface area contributed by atoms with Crippen LogP contribution in [-0.2, 0) is 6.54 Å². The van der Waals surface area contributed by atoms with Crippen molar-refractivity contribution in [2.75, 3.05) is 19.7 Å². The van der Waals surface area contributed by atoms with Gasteiger partial charge >= 0.3 is 0 Å². The van der Waals surface area contributed by atoms with Gasteiger partial charge in [0.15, 0.2) is 0 Å². The van der Waals surface area contributed by atoms with Crippen LogP contribution in [0.15, 0.2) is 41.1 Å². The molecule has 0 fully saturated rings. The van der Waals surface area contributed by atoms with Gasteiger partial charge in [-0.05, 0) is 37.2 Å². The largest absolute Gasteiger partial charge is 0.491 e. The third kappa shape index (κ3) is 6.24. The lowest BCUT2D eigenvalue weighted by atomic mass is 10.3. The van der Waals surface area contributed by atoms with Gasteiger partial charge in [0.25, 0.3) is 0 Å². The van der Waals surface area contributed by atoms with Gasteiger partial charge in [0.05, 0.1) is 6.20 Å². The van der Waals surface area contributed by atoms with E-state index in [0.29, 0.717) is 6.54 Å². The first-order valence-corrected chi connectivity index (χ1v) is 7.64. The van der Waals surface area contributed by atoms with Gasteiger partial charge in [-0.3, -0.25) is 4.68 Å². The van der Waals surface area contributed by atoms with E-state index in [9.17, 15) is 5.11 Å². The van der Waals surface area contributed by atoms with Crippen LogP contribution >= 0.6 is 15.9 Å². The number of rotatable bonds is 9. The fraction of sp³-hybridized carbons (Fsp3) is 0.429. The van der Waals surface area contributed by atoms with Gasteiger partial charge in [0.2, 0.25) is 0 Å². The van der Waals surface area contributed by atoms with Crippen molar-refractivity contribution in [3.8, 4) is 5.75 Å². The molecule has 7 heteroatoms. The number of aromatic nitrogens is 3. The van der Waals surface area contributed by atoms with E-state index in [-0.39, 0.29) is 6.61 Å². The normalized spacial score (nSPS) is 12.3. The highest BCUT2D eigenvalue weighted by Gasteiger charge is 2.04. The molecule has 1 unspecified atom stereocenters. The summed E-state index contributed by atoms with van der Waals surface area (Å²) in [6.45, 7) is 2.42. The molecule has 1 aromatic heterocycles. The number of benzene rings is 1. The first-order chi connectivity index (χ1) is 10.2. The topological polar surface area (TPSA) is 72.2 Å². The molecule has 1 atom stereocenters. The predicted octanol–water partition coefficient (Wildman–Crippen LogP) is 1.46. The van der Waals surface area contributed by atoms with Gasteiger partial charge < -0.3 is 15.2 Å². The molecule has 114 valence electrons. The van der Waals surface area contributed by atoms with Gasteiger partial charge in [0, 0.05) is 23.8 Å². The molecule has 2 rings (SSSR count). The number of aryl methyl sites for hydroxylation is 1. The van der Waals surface area contributed by atoms with Crippen LogP contribution < -0.4 is 10.1 Å². The molecule has 0 aliphatic carbocycles. The molecule has 0 bridgehead atoms. The van der Waals surface area contributed by atoms with Crippen molar-refractivity contribution in [2.24, 2.45) is 0 Å². The highest BCUT2D eigenvalue weighted by Crippen LogP contribution is 2.16. The van der Waals surface area contributed by atoms with Crippen molar-refractivity contribution in [1.29, 1.82) is 0 Å². The molecule has 0 saturated heterocycles. The number of aliphatic hydroxyl groups excluding tert-OH is 1. The number of ether oxygens (including phenoxy) is 1. The van der Waals surface area contributed by atoms with Crippen molar-refractivity contribution in [3.05, 3.63) is 41.1 Å². The molecule has 0 amide bonds. The summed E-state index contributed by atoms with van der Waals surface area (Å²) >= 11 is 3.36. The first kappa shape index (κ1) is 15.9. The van der Waals surface area contributed by atoms with Crippen molar-refractivity contribution >= 4 is 15.9 Å². The Labute approximate surface area is 132 Å². The molecule has 2 aromatic rings. The molecule has 0 aliphatic rings. The first-order valence-electron chi connectivity index (χ1n) is 6.85. The van der Waals surface area contributed by atoms with E-state index in [2.05, 4.69) is 31.6 Å². The molecular weight excluding hydrogens is 336 g/mol. The molecule has 21 heavy (non-hydrogen) atoms. The van der Waals surface area contributed by atoms with E-state index >= 15 is 0 Å². The smallest absolute Gasteiger partial charge is 0.119 e. The summed E-state index contributed by atoms with van der Waals surface area (Å²) in [5.74, 6) is 0.753. The molecule has 6 nitrogen and oxygen atoms in total. The standard InChI is InChI=1S/C14H19BrN4O2/c15-12-2-4-14(5-3-12)21-11-13(20)10-16-6-1-8-19-9-7-17-18-19/h2-5,7,9,13,16,20H,1,6,8,10-11H2. The molecule has 0 aliphatic heterocycles. The number of hydrogen-bond donors (Lipinski definition) is 2. The van der Waals surface area contributed by atoms with Gasteiger partial charge in [-0.2, -0.15) is 0 Å². The maximum absolute atomic E-state index is 9.82. The summed E-state index contributed by atoms with van der Waals surface area (Å²) in [4.78, 5) is 0. The van der Waals surface area contributed by atoms with Crippen LogP contribution in [0.4, 0.5) is 0 Å². The molecular formula is C14H19BrN4O2. The van der Waals surface area contributed by atoms with E-state index in [4.69, 9.17) is 4.74 Å². The van der Waals surface area contributed by atoms with Crippen LogP contribution in [0, 0.1) is 0 Å². The van der Waals surface area contributed by atoms with Crippen LogP contribution in [0.2, 0.25) is 0 Å². The summed E-state index contributed by atoms with van der Waals surface area (Å²) in [5.41, 5.74) is 0. The molecule has 0 saturated carbocycles. The Hall–Kier alpha value is -1.44. The zero-order valence-corrected chi connectivity index (χ0v) is 13.2. The Balaban J connectivity index is 1.53. The average molecular weight is 355 g/mol. The fourth-order valence-corrected chi connectivity index (χ4v) is 2.03. The third-order valence-corrected chi connectivity index (χ3v) is 3.38. The Morgan fingerprint density at radius 1 is 1.33 bits per heavy atom. The predicted molar refractivity (Wildman–Crippen MR) is 83.2 cm³/mol.